The highest BCUT2D eigenvalue weighted by Gasteiger charge is 2.13. The third kappa shape index (κ3) is 3.44. The number of aromatic nitrogens is 4. The first-order valence-electron chi connectivity index (χ1n) is 8.43. The van der Waals surface area contributed by atoms with E-state index in [2.05, 4.69) is 10.1 Å². The maximum absolute atomic E-state index is 12.2. The van der Waals surface area contributed by atoms with E-state index < -0.39 is 5.76 Å². The van der Waals surface area contributed by atoms with E-state index in [0.717, 1.165) is 27.9 Å². The van der Waals surface area contributed by atoms with Crippen molar-refractivity contribution in [1.29, 1.82) is 0 Å². The van der Waals surface area contributed by atoms with Crippen molar-refractivity contribution in [3.8, 4) is 17.1 Å². The maximum Gasteiger partial charge on any atom is 0.437 e. The van der Waals surface area contributed by atoms with Gasteiger partial charge >= 0.3 is 5.76 Å². The van der Waals surface area contributed by atoms with E-state index in [-0.39, 0.29) is 0 Å². The topological polar surface area (TPSA) is 65.8 Å². The predicted molar refractivity (Wildman–Crippen MR) is 103 cm³/mol. The smallest absolute Gasteiger partial charge is 0.388 e. The standard InChI is InChI=1S/C20H17ClN4O2/c1-13-3-5-17(21)10-16(13)11-25-20(26)27-19(23-25)15-4-6-18(14(2)9-15)24-8-7-22-12-24/h3-10,12H,11H2,1-2H3. The van der Waals surface area contributed by atoms with Crippen molar-refractivity contribution >= 4 is 11.6 Å². The van der Waals surface area contributed by atoms with Crippen molar-refractivity contribution < 1.29 is 4.42 Å². The monoisotopic (exact) mass is 380 g/mol. The van der Waals surface area contributed by atoms with E-state index in [9.17, 15) is 4.79 Å². The third-order valence-electron chi connectivity index (χ3n) is 4.46. The van der Waals surface area contributed by atoms with Crippen LogP contribution in [0.5, 0.6) is 0 Å². The molecule has 0 aliphatic heterocycles. The number of rotatable bonds is 4. The molecule has 0 amide bonds. The maximum atomic E-state index is 12.2. The average molecular weight is 381 g/mol. The van der Waals surface area contributed by atoms with Gasteiger partial charge in [0.25, 0.3) is 0 Å². The largest absolute Gasteiger partial charge is 0.437 e. The van der Waals surface area contributed by atoms with Gasteiger partial charge in [-0.15, -0.1) is 5.10 Å². The van der Waals surface area contributed by atoms with Crippen LogP contribution >= 0.6 is 11.6 Å². The molecular weight excluding hydrogens is 364 g/mol. The van der Waals surface area contributed by atoms with Crippen molar-refractivity contribution in [3.05, 3.63) is 87.4 Å². The first-order valence-corrected chi connectivity index (χ1v) is 8.81. The Morgan fingerprint density at radius 2 is 1.96 bits per heavy atom. The van der Waals surface area contributed by atoms with Gasteiger partial charge in [-0.3, -0.25) is 0 Å². The predicted octanol–water partition coefficient (Wildman–Crippen LogP) is 4.01. The molecule has 2 heterocycles. The lowest BCUT2D eigenvalue weighted by molar-refractivity contribution is 0.494. The first kappa shape index (κ1) is 17.3. The van der Waals surface area contributed by atoms with Crippen molar-refractivity contribution in [1.82, 2.24) is 19.3 Å². The van der Waals surface area contributed by atoms with Gasteiger partial charge in [-0.25, -0.2) is 9.78 Å². The van der Waals surface area contributed by atoms with Crippen LogP contribution in [0, 0.1) is 13.8 Å². The molecule has 0 aliphatic rings. The number of benzene rings is 2. The zero-order valence-electron chi connectivity index (χ0n) is 14.9. The SMILES string of the molecule is Cc1ccc(Cl)cc1Cn1nc(-c2ccc(-n3ccnc3)c(C)c2)oc1=O. The number of hydrogen-bond acceptors (Lipinski definition) is 4. The van der Waals surface area contributed by atoms with Gasteiger partial charge in [0.2, 0.25) is 5.89 Å². The summed E-state index contributed by atoms with van der Waals surface area (Å²) in [5, 5.41) is 4.98. The Labute approximate surface area is 160 Å². The number of hydrogen-bond donors (Lipinski definition) is 0. The molecule has 0 saturated heterocycles. The fourth-order valence-corrected chi connectivity index (χ4v) is 3.17. The number of halogens is 1. The molecule has 0 radical (unpaired) electrons. The molecule has 7 heteroatoms. The molecule has 0 N–H and O–H groups in total. The minimum absolute atomic E-state index is 0.292. The highest BCUT2D eigenvalue weighted by atomic mass is 35.5. The average Bonchev–Trinajstić information content (AvgIpc) is 3.29. The summed E-state index contributed by atoms with van der Waals surface area (Å²) in [6.07, 6.45) is 5.35. The second-order valence-corrected chi connectivity index (χ2v) is 6.81. The van der Waals surface area contributed by atoms with Crippen LogP contribution in [0.4, 0.5) is 0 Å². The van der Waals surface area contributed by atoms with Gasteiger partial charge in [0, 0.05) is 28.7 Å². The van der Waals surface area contributed by atoms with E-state index in [1.807, 2.05) is 61.0 Å². The Kier molecular flexibility index (Phi) is 4.41. The summed E-state index contributed by atoms with van der Waals surface area (Å²) >= 11 is 6.06. The highest BCUT2D eigenvalue weighted by molar-refractivity contribution is 6.30. The molecule has 0 saturated carbocycles. The van der Waals surface area contributed by atoms with Gasteiger partial charge in [0.15, 0.2) is 0 Å². The Morgan fingerprint density at radius 3 is 2.70 bits per heavy atom. The second kappa shape index (κ2) is 6.89. The normalized spacial score (nSPS) is 11.1. The summed E-state index contributed by atoms with van der Waals surface area (Å²) in [7, 11) is 0. The molecule has 0 bridgehead atoms. The van der Waals surface area contributed by atoms with Gasteiger partial charge in [0.05, 0.1) is 12.9 Å². The summed E-state index contributed by atoms with van der Waals surface area (Å²) in [4.78, 5) is 16.3. The summed E-state index contributed by atoms with van der Waals surface area (Å²) in [6.45, 7) is 4.26. The first-order chi connectivity index (χ1) is 13.0. The third-order valence-corrected chi connectivity index (χ3v) is 4.70. The summed E-state index contributed by atoms with van der Waals surface area (Å²) in [6, 6.07) is 11.3. The van der Waals surface area contributed by atoms with Crippen LogP contribution in [-0.4, -0.2) is 19.3 Å². The van der Waals surface area contributed by atoms with E-state index in [4.69, 9.17) is 16.0 Å². The van der Waals surface area contributed by atoms with Crippen LogP contribution < -0.4 is 5.76 Å². The molecule has 0 atom stereocenters. The summed E-state index contributed by atoms with van der Waals surface area (Å²) in [5.41, 5.74) is 4.74. The molecule has 0 fully saturated rings. The highest BCUT2D eigenvalue weighted by Crippen LogP contribution is 2.22. The lowest BCUT2D eigenvalue weighted by Crippen LogP contribution is -2.17. The van der Waals surface area contributed by atoms with Crippen molar-refractivity contribution in [3.63, 3.8) is 0 Å². The van der Waals surface area contributed by atoms with Gasteiger partial charge in [-0.05, 0) is 60.9 Å². The number of nitrogens with zero attached hydrogens (tertiary/aromatic N) is 4. The Morgan fingerprint density at radius 1 is 1.11 bits per heavy atom. The molecule has 4 rings (SSSR count). The molecule has 2 aromatic carbocycles. The van der Waals surface area contributed by atoms with Gasteiger partial charge < -0.3 is 8.98 Å². The molecule has 2 aromatic heterocycles. The lowest BCUT2D eigenvalue weighted by Gasteiger charge is -2.07. The molecular formula is C20H17ClN4O2. The van der Waals surface area contributed by atoms with E-state index >= 15 is 0 Å². The fourth-order valence-electron chi connectivity index (χ4n) is 2.97. The van der Waals surface area contributed by atoms with Crippen LogP contribution in [0.15, 0.2) is 64.3 Å². The Hall–Kier alpha value is -3.12. The fraction of sp³-hybridized carbons (Fsp3) is 0.150. The molecule has 0 aliphatic carbocycles. The summed E-state index contributed by atoms with van der Waals surface area (Å²) < 4.78 is 8.61. The van der Waals surface area contributed by atoms with Crippen LogP contribution in [0.25, 0.3) is 17.1 Å². The van der Waals surface area contributed by atoms with E-state index in [1.54, 1.807) is 12.5 Å². The second-order valence-electron chi connectivity index (χ2n) is 6.37. The van der Waals surface area contributed by atoms with E-state index in [0.29, 0.717) is 17.5 Å². The van der Waals surface area contributed by atoms with Gasteiger partial charge in [-0.1, -0.05) is 17.7 Å². The Bertz CT molecular complexity index is 1160. The lowest BCUT2D eigenvalue weighted by atomic mass is 10.1. The van der Waals surface area contributed by atoms with Gasteiger partial charge in [0.1, 0.15) is 0 Å². The van der Waals surface area contributed by atoms with E-state index in [1.165, 1.54) is 4.68 Å². The van der Waals surface area contributed by atoms with Crippen LogP contribution in [0.2, 0.25) is 5.02 Å². The summed E-state index contributed by atoms with van der Waals surface area (Å²) in [5.74, 6) is -0.208. The molecule has 4 aromatic rings. The molecule has 27 heavy (non-hydrogen) atoms. The zero-order chi connectivity index (χ0) is 19.0. The zero-order valence-corrected chi connectivity index (χ0v) is 15.6. The van der Waals surface area contributed by atoms with Crippen molar-refractivity contribution in [2.45, 2.75) is 20.4 Å². The van der Waals surface area contributed by atoms with Gasteiger partial charge in [-0.2, -0.15) is 4.68 Å². The Balaban J connectivity index is 1.66. The van der Waals surface area contributed by atoms with Crippen LogP contribution in [0.1, 0.15) is 16.7 Å². The van der Waals surface area contributed by atoms with Crippen molar-refractivity contribution in [2.24, 2.45) is 0 Å². The molecule has 0 unspecified atom stereocenters. The van der Waals surface area contributed by atoms with Crippen molar-refractivity contribution in [2.75, 3.05) is 0 Å². The molecule has 136 valence electrons. The number of aryl methyl sites for hydroxylation is 2. The minimum Gasteiger partial charge on any atom is -0.388 e. The molecule has 6 nitrogen and oxygen atoms in total. The van der Waals surface area contributed by atoms with Crippen LogP contribution in [0.3, 0.4) is 0 Å². The number of imidazole rings is 1. The van der Waals surface area contributed by atoms with Crippen LogP contribution in [-0.2, 0) is 6.54 Å². The minimum atomic E-state index is -0.499. The quantitative estimate of drug-likeness (QED) is 0.536. The molecule has 0 spiro atoms.